The van der Waals surface area contributed by atoms with Crippen LogP contribution in [0.5, 0.6) is 0 Å². The molecule has 0 aliphatic heterocycles. The summed E-state index contributed by atoms with van der Waals surface area (Å²) in [5.74, 6) is 0.927. The Morgan fingerprint density at radius 2 is 2.00 bits per heavy atom. The maximum atomic E-state index is 4.65. The van der Waals surface area contributed by atoms with Crippen LogP contribution in [0.2, 0.25) is 0 Å². The molecule has 0 aromatic rings. The summed E-state index contributed by atoms with van der Waals surface area (Å²) in [5, 5.41) is 0. The molecule has 0 saturated carbocycles. The average molecular weight is 91.2 g/mol. The molecule has 0 aliphatic carbocycles. The SMILES string of the molecule is CCCC[S-].[2Na+]. The van der Waals surface area contributed by atoms with Crippen molar-refractivity contribution in [3.63, 3.8) is 0 Å². The molecule has 0 heterocycles. The first-order chi connectivity index (χ1) is 2.41. The van der Waals surface area contributed by atoms with Crippen molar-refractivity contribution >= 4 is 12.6 Å². The first-order valence-corrected chi connectivity index (χ1v) is 2.57. The van der Waals surface area contributed by atoms with Crippen LogP contribution in [-0.2, 0) is 12.6 Å². The minimum absolute atomic E-state index is 0. The molecule has 0 N–H and O–H groups in total. The largest absolute Gasteiger partial charge is 1.00 e. The van der Waals surface area contributed by atoms with Crippen molar-refractivity contribution < 1.29 is 29.6 Å². The van der Waals surface area contributed by atoms with E-state index in [1.807, 2.05) is 0 Å². The summed E-state index contributed by atoms with van der Waals surface area (Å²) in [4.78, 5) is 0. The molecule has 0 aromatic carbocycles. The normalized spacial score (nSPS) is 7.00. The molecule has 0 atom stereocenters. The van der Waals surface area contributed by atoms with Crippen LogP contribution in [0.3, 0.4) is 0 Å². The summed E-state index contributed by atoms with van der Waals surface area (Å²) in [6.07, 6.45) is 2.44. The van der Waals surface area contributed by atoms with E-state index in [0.29, 0.717) is 0 Å². The molecule has 32 valence electrons. The van der Waals surface area contributed by atoms with Gasteiger partial charge >= 0.3 is 29.6 Å². The molecule has 0 bridgehead atoms. The van der Waals surface area contributed by atoms with Gasteiger partial charge in [-0.2, -0.15) is 5.75 Å². The van der Waals surface area contributed by atoms with E-state index in [0.717, 1.165) is 5.75 Å². The van der Waals surface area contributed by atoms with Crippen LogP contribution in [-0.4, -0.2) is 5.75 Å². The van der Waals surface area contributed by atoms with Gasteiger partial charge in [-0.15, -0.1) is 0 Å². The molecule has 0 nitrogen and oxygen atoms in total. The monoisotopic (exact) mass is 91.0 g/mol. The Morgan fingerprint density at radius 3 is 2.00 bits per heavy atom. The summed E-state index contributed by atoms with van der Waals surface area (Å²) in [7, 11) is 0. The second-order valence-corrected chi connectivity index (χ2v) is 1.47. The van der Waals surface area contributed by atoms with Gasteiger partial charge in [-0.1, -0.05) is 19.8 Å². The van der Waals surface area contributed by atoms with Gasteiger partial charge in [0.2, 0.25) is 0 Å². The van der Waals surface area contributed by atoms with Gasteiger partial charge in [-0.25, -0.2) is 0 Å². The number of hydrogen-bond acceptors (Lipinski definition) is 1. The van der Waals surface area contributed by atoms with E-state index in [9.17, 15) is 0 Å². The van der Waals surface area contributed by atoms with Crippen LogP contribution in [0.25, 0.3) is 0 Å². The van der Waals surface area contributed by atoms with Crippen LogP contribution in [0.15, 0.2) is 0 Å². The van der Waals surface area contributed by atoms with E-state index in [2.05, 4.69) is 19.6 Å². The third-order valence-corrected chi connectivity index (χ3v) is 0.787. The van der Waals surface area contributed by atoms with Gasteiger partial charge < -0.3 is 12.6 Å². The molecule has 0 amide bonds. The third-order valence-electron chi connectivity index (χ3n) is 0.498. The van der Waals surface area contributed by atoms with Gasteiger partial charge in [0, 0.05) is 0 Å². The molecule has 0 fully saturated rings. The van der Waals surface area contributed by atoms with E-state index in [4.69, 9.17) is 0 Å². The Kier molecular flexibility index (Phi) is 16.6. The Hall–Kier alpha value is 1.35. The Balaban J connectivity index is 0. The predicted octanol–water partition coefficient (Wildman–Crippen LogP) is -1.66. The van der Waals surface area contributed by atoms with Crippen LogP contribution >= 0.6 is 0 Å². The first kappa shape index (κ1) is 10.4. The second kappa shape index (κ2) is 9.61. The quantitative estimate of drug-likeness (QED) is 0.289. The van der Waals surface area contributed by atoms with E-state index in [1.165, 1.54) is 12.8 Å². The van der Waals surface area contributed by atoms with Gasteiger partial charge in [0.1, 0.15) is 0 Å². The van der Waals surface area contributed by atoms with Crippen LogP contribution in [0, 0.1) is 0 Å². The Morgan fingerprint density at radius 1 is 1.50 bits per heavy atom. The van der Waals surface area contributed by atoms with Crippen molar-refractivity contribution in [2.24, 2.45) is 0 Å². The van der Waals surface area contributed by atoms with Crippen molar-refractivity contribution in [3.05, 3.63) is 0 Å². The van der Waals surface area contributed by atoms with Crippen molar-refractivity contribution in [2.45, 2.75) is 19.8 Å². The van der Waals surface area contributed by atoms with Gasteiger partial charge in [0.15, 0.2) is 0 Å². The van der Waals surface area contributed by atoms with E-state index >= 15 is 0 Å². The molecule has 0 spiro atoms. The van der Waals surface area contributed by atoms with Crippen molar-refractivity contribution in [1.29, 1.82) is 0 Å². The van der Waals surface area contributed by atoms with E-state index in [-0.39, 0.29) is 29.6 Å². The van der Waals surface area contributed by atoms with Crippen molar-refractivity contribution in [1.82, 2.24) is 0 Å². The summed E-state index contributed by atoms with van der Waals surface area (Å²) in [5.41, 5.74) is 0. The smallest absolute Gasteiger partial charge is 0.793 e. The fourth-order valence-electron chi connectivity index (χ4n) is 0.144. The zero-order valence-corrected chi connectivity index (χ0v) is 7.35. The average Bonchev–Trinajstić information content (AvgIpc) is 1.41. The van der Waals surface area contributed by atoms with Gasteiger partial charge in [-0.3, -0.25) is 0 Å². The number of rotatable bonds is 2. The topological polar surface area (TPSA) is 0 Å². The zero-order valence-electron chi connectivity index (χ0n) is 4.53. The Bertz CT molecular complexity index is 15.0. The molecular weight excluding hydrogens is 82.1 g/mol. The van der Waals surface area contributed by atoms with Gasteiger partial charge in [0.25, 0.3) is 0 Å². The standard InChI is InChI=1S/C4H10S.Na/c1-2-3-4-5;/h5H,2-4H2,1H3;/q;+1/p-1/i;1-21. The van der Waals surface area contributed by atoms with Gasteiger partial charge in [0.05, 0.1) is 0 Å². The van der Waals surface area contributed by atoms with Crippen LogP contribution in [0.4, 0.5) is 0 Å². The zero-order chi connectivity index (χ0) is 4.12. The maximum absolute atomic E-state index is 4.65. The van der Waals surface area contributed by atoms with Crippen LogP contribution in [0.1, 0.15) is 19.8 Å². The molecule has 6 heavy (non-hydrogen) atoms. The Labute approximate surface area is 67.4 Å². The molecule has 0 radical (unpaired) electrons. The summed E-state index contributed by atoms with van der Waals surface area (Å²) in [6.45, 7) is 2.15. The van der Waals surface area contributed by atoms with Crippen LogP contribution < -0.4 is 29.6 Å². The molecule has 0 saturated heterocycles. The first-order valence-electron chi connectivity index (χ1n) is 2.00. The minimum Gasteiger partial charge on any atom is -0.793 e. The van der Waals surface area contributed by atoms with E-state index in [1.54, 1.807) is 0 Å². The van der Waals surface area contributed by atoms with Crippen molar-refractivity contribution in [2.75, 3.05) is 5.75 Å². The van der Waals surface area contributed by atoms with Gasteiger partial charge in [-0.05, 0) is 0 Å². The second-order valence-electron chi connectivity index (χ2n) is 1.06. The number of hydrogen-bond donors (Lipinski definition) is 0. The molecule has 0 aliphatic rings. The predicted molar refractivity (Wildman–Crippen MR) is 27.1 cm³/mol. The molecular formula is C4H9NaS. The molecule has 0 unspecified atom stereocenters. The van der Waals surface area contributed by atoms with Crippen molar-refractivity contribution in [3.8, 4) is 0 Å². The summed E-state index contributed by atoms with van der Waals surface area (Å²) >= 11 is 4.65. The molecule has 0 rings (SSSR count). The summed E-state index contributed by atoms with van der Waals surface area (Å²) in [6, 6.07) is 0. The fraction of sp³-hybridized carbons (Fsp3) is 1.00. The summed E-state index contributed by atoms with van der Waals surface area (Å²) < 4.78 is 0. The molecule has 2 heteroatoms. The third kappa shape index (κ3) is 9.02. The van der Waals surface area contributed by atoms with E-state index < -0.39 is 0 Å². The molecule has 0 aromatic heterocycles. The minimum atomic E-state index is 0. The fourth-order valence-corrected chi connectivity index (χ4v) is 0.433. The number of unbranched alkanes of at least 4 members (excludes halogenated alkanes) is 1. The maximum Gasteiger partial charge on any atom is 1.00 e.